The van der Waals surface area contributed by atoms with E-state index in [9.17, 15) is 24.4 Å². The Morgan fingerprint density at radius 2 is 1.76 bits per heavy atom. The lowest BCUT2D eigenvalue weighted by Crippen LogP contribution is -2.68. The highest BCUT2D eigenvalue weighted by molar-refractivity contribution is 5.87. The van der Waals surface area contributed by atoms with Crippen LogP contribution in [0, 0.1) is 25.2 Å². The highest BCUT2D eigenvalue weighted by Crippen LogP contribution is 2.57. The van der Waals surface area contributed by atoms with Gasteiger partial charge in [-0.15, -0.1) is 0 Å². The topological polar surface area (TPSA) is 178 Å². The van der Waals surface area contributed by atoms with Crippen LogP contribution < -0.4 is 39.6 Å². The third-order valence-electron chi connectivity index (χ3n) is 11.9. The quantitative estimate of drug-likeness (QED) is 0.111. The molecule has 0 aliphatic carbocycles. The summed E-state index contributed by atoms with van der Waals surface area (Å²) in [5.41, 5.74) is 5.48. The number of esters is 2. The molecule has 312 valence electrons. The predicted octanol–water partition coefficient (Wildman–Crippen LogP) is 5.13. The second kappa shape index (κ2) is 17.7. The fraction of sp³-hybridized carbons (Fsp3) is 0.489. The number of aryl methyl sites for hydroxylation is 2. The average Bonchev–Trinajstić information content (AvgIpc) is 3.71. The number of carbonyl (C=O) groups excluding carboxylic acids is 4. The van der Waals surface area contributed by atoms with Crippen molar-refractivity contribution in [1.29, 1.82) is 5.26 Å². The van der Waals surface area contributed by atoms with Gasteiger partial charge in [0.05, 0.1) is 25.3 Å². The number of nitrogens with one attached hydrogen (secondary N) is 3. The fourth-order valence-corrected chi connectivity index (χ4v) is 9.29. The number of nitriles is 1. The Bertz CT molecular complexity index is 2170. The molecule has 2 unspecified atom stereocenters. The van der Waals surface area contributed by atoms with Crippen molar-refractivity contribution in [3.05, 3.63) is 75.3 Å². The molecule has 3 N–H and O–H groups in total. The molecular formula is C45H53N5O9. The molecule has 4 heterocycles. The van der Waals surface area contributed by atoms with E-state index in [0.29, 0.717) is 71.1 Å². The van der Waals surface area contributed by atoms with Gasteiger partial charge in [-0.1, -0.05) is 56.2 Å². The van der Waals surface area contributed by atoms with Crippen LogP contribution in [0.4, 0.5) is 0 Å². The van der Waals surface area contributed by atoms with Gasteiger partial charge in [0.15, 0.2) is 23.0 Å². The van der Waals surface area contributed by atoms with Gasteiger partial charge in [0, 0.05) is 60.6 Å². The molecule has 3 aromatic rings. The SMILES string of the molecule is CCCCCC(=O)Oc1c(OC)c(C)cc2c1[C@H]1N[C@@H](C2)[C@H](C#N)N2C1Cc1c(OC(C)=O)c(C)c3c(c1[C@@H]2CNC(=O)C(C)NC(=O)CCc1ccccc1)OCO3. The van der Waals surface area contributed by atoms with Crippen molar-refractivity contribution in [2.24, 2.45) is 0 Å². The molecule has 4 aliphatic rings. The first kappa shape index (κ1) is 41.5. The summed E-state index contributed by atoms with van der Waals surface area (Å²) in [7, 11) is 1.56. The van der Waals surface area contributed by atoms with Crippen LogP contribution in [0.15, 0.2) is 36.4 Å². The van der Waals surface area contributed by atoms with E-state index >= 15 is 0 Å². The number of carbonyl (C=O) groups is 4. The van der Waals surface area contributed by atoms with Crippen LogP contribution in [-0.4, -0.2) is 73.3 Å². The van der Waals surface area contributed by atoms with E-state index in [4.69, 9.17) is 23.7 Å². The van der Waals surface area contributed by atoms with Gasteiger partial charge in [-0.25, -0.2) is 0 Å². The van der Waals surface area contributed by atoms with Gasteiger partial charge in [0.1, 0.15) is 17.8 Å². The minimum Gasteiger partial charge on any atom is -0.493 e. The normalized spacial score (nSPS) is 21.5. The molecule has 59 heavy (non-hydrogen) atoms. The number of nitrogens with zero attached hydrogens (tertiary/aromatic N) is 2. The van der Waals surface area contributed by atoms with Crippen molar-refractivity contribution in [3.63, 3.8) is 0 Å². The molecule has 2 amide bonds. The number of piperazine rings is 1. The van der Waals surface area contributed by atoms with Crippen molar-refractivity contribution in [2.45, 2.75) is 122 Å². The lowest BCUT2D eigenvalue weighted by atomic mass is 9.72. The standard InChI is InChI=1S/C45H53N5O9/c1-7-8-10-15-36(53)59-44-37-29(18-24(2)40(44)55-6)19-31-33(21-46)50-32(39(37)49-31)20-30-38(43-42(56-23-57-43)25(3)41(30)58-27(5)51)34(50)22-47-45(54)26(4)48-35(52)17-16-28-13-11-9-12-14-28/h9,11-14,18,26,31-34,39,49H,7-8,10,15-17,19-20,22-23H2,1-6H3,(H,47,54)(H,48,52)/t26?,31-,32?,33-,34-,39-/m0/s1. The molecule has 2 bridgehead atoms. The van der Waals surface area contributed by atoms with Crippen LogP contribution in [0.2, 0.25) is 0 Å². The molecule has 14 nitrogen and oxygen atoms in total. The van der Waals surface area contributed by atoms with E-state index in [1.54, 1.807) is 14.0 Å². The predicted molar refractivity (Wildman–Crippen MR) is 216 cm³/mol. The molecule has 3 aromatic carbocycles. The Balaban J connectivity index is 1.28. The summed E-state index contributed by atoms with van der Waals surface area (Å²) >= 11 is 0. The van der Waals surface area contributed by atoms with Gasteiger partial charge in [0.2, 0.25) is 18.6 Å². The number of unbranched alkanes of at least 4 members (excludes halogenated alkanes) is 2. The summed E-state index contributed by atoms with van der Waals surface area (Å²) in [5.74, 6) is 0.508. The van der Waals surface area contributed by atoms with Crippen LogP contribution >= 0.6 is 0 Å². The molecule has 0 radical (unpaired) electrons. The molecule has 4 aliphatic heterocycles. The third kappa shape index (κ3) is 8.18. The van der Waals surface area contributed by atoms with Crippen molar-refractivity contribution >= 4 is 23.8 Å². The zero-order valence-electron chi connectivity index (χ0n) is 34.6. The summed E-state index contributed by atoms with van der Waals surface area (Å²) in [6, 6.07) is 10.8. The Morgan fingerprint density at radius 3 is 2.47 bits per heavy atom. The molecular weight excluding hydrogens is 755 g/mol. The maximum Gasteiger partial charge on any atom is 0.311 e. The van der Waals surface area contributed by atoms with Crippen molar-refractivity contribution in [2.75, 3.05) is 20.4 Å². The zero-order valence-corrected chi connectivity index (χ0v) is 34.6. The second-order valence-corrected chi connectivity index (χ2v) is 15.8. The van der Waals surface area contributed by atoms with Crippen LogP contribution in [-0.2, 0) is 38.4 Å². The van der Waals surface area contributed by atoms with Gasteiger partial charge in [0.25, 0.3) is 0 Å². The van der Waals surface area contributed by atoms with Gasteiger partial charge in [-0.05, 0) is 63.1 Å². The van der Waals surface area contributed by atoms with Crippen LogP contribution in [0.1, 0.15) is 104 Å². The van der Waals surface area contributed by atoms with E-state index in [0.717, 1.165) is 35.1 Å². The van der Waals surface area contributed by atoms with Crippen LogP contribution in [0.5, 0.6) is 28.7 Å². The molecule has 1 saturated heterocycles. The van der Waals surface area contributed by atoms with E-state index in [1.165, 1.54) is 6.92 Å². The zero-order chi connectivity index (χ0) is 42.0. The van der Waals surface area contributed by atoms with E-state index < -0.39 is 42.1 Å². The Hall–Kier alpha value is -5.65. The average molecular weight is 808 g/mol. The smallest absolute Gasteiger partial charge is 0.311 e. The Labute approximate surface area is 344 Å². The van der Waals surface area contributed by atoms with Crippen LogP contribution in [0.25, 0.3) is 0 Å². The molecule has 0 saturated carbocycles. The Kier molecular flexibility index (Phi) is 12.4. The number of ether oxygens (including phenoxy) is 5. The molecule has 0 aromatic heterocycles. The first-order chi connectivity index (χ1) is 28.4. The Morgan fingerprint density at radius 1 is 1.00 bits per heavy atom. The van der Waals surface area contributed by atoms with Gasteiger partial charge < -0.3 is 39.6 Å². The summed E-state index contributed by atoms with van der Waals surface area (Å²) in [6.45, 7) is 8.73. The maximum absolute atomic E-state index is 13.8. The van der Waals surface area contributed by atoms with E-state index in [1.807, 2.05) is 50.2 Å². The number of fused-ring (bicyclic) bond motifs is 9. The summed E-state index contributed by atoms with van der Waals surface area (Å²) in [5, 5.41) is 20.6. The number of hydrogen-bond acceptors (Lipinski definition) is 12. The molecule has 0 spiro atoms. The van der Waals surface area contributed by atoms with E-state index in [2.05, 4.69) is 33.8 Å². The number of benzene rings is 3. The lowest BCUT2D eigenvalue weighted by molar-refractivity contribution is -0.135. The first-order valence-corrected chi connectivity index (χ1v) is 20.5. The van der Waals surface area contributed by atoms with Gasteiger partial charge in [-0.2, -0.15) is 5.26 Å². The minimum atomic E-state index is -0.858. The summed E-state index contributed by atoms with van der Waals surface area (Å²) < 4.78 is 30.2. The maximum atomic E-state index is 13.8. The van der Waals surface area contributed by atoms with Gasteiger partial charge >= 0.3 is 11.9 Å². The third-order valence-corrected chi connectivity index (χ3v) is 11.9. The monoisotopic (exact) mass is 807 g/mol. The fourth-order valence-electron chi connectivity index (χ4n) is 9.29. The number of methoxy groups -OCH3 is 1. The van der Waals surface area contributed by atoms with E-state index in [-0.39, 0.29) is 44.1 Å². The summed E-state index contributed by atoms with van der Waals surface area (Å²) in [6.07, 6.45) is 4.33. The van der Waals surface area contributed by atoms with Crippen molar-refractivity contribution in [3.8, 4) is 34.8 Å². The summed E-state index contributed by atoms with van der Waals surface area (Å²) in [4.78, 5) is 55.0. The first-order valence-electron chi connectivity index (χ1n) is 20.5. The van der Waals surface area contributed by atoms with Gasteiger partial charge in [-0.3, -0.25) is 24.1 Å². The lowest BCUT2D eigenvalue weighted by Gasteiger charge is -2.56. The minimum absolute atomic E-state index is 0.0197. The highest BCUT2D eigenvalue weighted by Gasteiger charge is 2.55. The number of hydrogen-bond donors (Lipinski definition) is 3. The second-order valence-electron chi connectivity index (χ2n) is 15.8. The highest BCUT2D eigenvalue weighted by atomic mass is 16.7. The largest absolute Gasteiger partial charge is 0.493 e. The van der Waals surface area contributed by atoms with Crippen molar-refractivity contribution in [1.82, 2.24) is 20.9 Å². The molecule has 7 rings (SSSR count). The van der Waals surface area contributed by atoms with Crippen LogP contribution in [0.3, 0.4) is 0 Å². The van der Waals surface area contributed by atoms with Crippen molar-refractivity contribution < 1.29 is 42.9 Å². The molecule has 14 heteroatoms. The molecule has 1 fully saturated rings. The number of rotatable bonds is 14. The number of amides is 2. The molecule has 6 atom stereocenters.